The monoisotopic (exact) mass is 1290 g/mol. The second-order valence-corrected chi connectivity index (χ2v) is 30.6. The molecule has 2 amide bonds. The van der Waals surface area contributed by atoms with E-state index in [1.807, 2.05) is 137 Å². The van der Waals surface area contributed by atoms with Crippen molar-refractivity contribution in [1.29, 1.82) is 0 Å². The molecular weight excluding hydrogens is 1200 g/mol. The van der Waals surface area contributed by atoms with Crippen molar-refractivity contribution in [2.24, 2.45) is 11.8 Å². The Balaban J connectivity index is 0.000000209. The molecular formula is C62H84Cl2N14O8S2. The molecule has 4 fully saturated rings. The molecule has 10 rings (SSSR count). The lowest BCUT2D eigenvalue weighted by Gasteiger charge is -2.37. The van der Waals surface area contributed by atoms with E-state index in [1.54, 1.807) is 25.0 Å². The van der Waals surface area contributed by atoms with Gasteiger partial charge in [-0.15, -0.1) is 0 Å². The highest BCUT2D eigenvalue weighted by Gasteiger charge is 2.36. The van der Waals surface area contributed by atoms with Crippen LogP contribution in [0.1, 0.15) is 141 Å². The Bertz CT molecular complexity index is 3480. The van der Waals surface area contributed by atoms with Gasteiger partial charge in [-0.3, -0.25) is 0 Å². The van der Waals surface area contributed by atoms with Crippen LogP contribution in [0, 0.1) is 25.7 Å². The van der Waals surface area contributed by atoms with Crippen molar-refractivity contribution in [2.75, 3.05) is 62.4 Å². The highest BCUT2D eigenvalue weighted by Crippen LogP contribution is 2.38. The van der Waals surface area contributed by atoms with Crippen molar-refractivity contribution >= 4 is 67.3 Å². The number of sulfonamides is 2. The summed E-state index contributed by atoms with van der Waals surface area (Å²) < 4.78 is 66.0. The van der Waals surface area contributed by atoms with E-state index >= 15 is 0 Å². The van der Waals surface area contributed by atoms with Gasteiger partial charge in [0.25, 0.3) is 0 Å². The van der Waals surface area contributed by atoms with Crippen molar-refractivity contribution in [3.63, 3.8) is 0 Å². The molecule has 8 heterocycles. The molecule has 88 heavy (non-hydrogen) atoms. The third-order valence-electron chi connectivity index (χ3n) is 16.4. The number of hydrogen-bond donors (Lipinski definition) is 2. The average molecular weight is 1290 g/mol. The maximum absolute atomic E-state index is 13.0. The summed E-state index contributed by atoms with van der Waals surface area (Å²) in [4.78, 5) is 57.3. The number of carbonyl (C=O) groups is 2. The first-order valence-electron chi connectivity index (χ1n) is 30.2. The number of imidazole rings is 2. The van der Waals surface area contributed by atoms with Crippen LogP contribution in [0.3, 0.4) is 0 Å². The van der Waals surface area contributed by atoms with E-state index in [0.29, 0.717) is 96.8 Å². The number of carbonyl (C=O) groups excluding carboxylic acids is 2. The fourth-order valence-electron chi connectivity index (χ4n) is 11.8. The number of hydrogen-bond acceptors (Lipinski definition) is 16. The highest BCUT2D eigenvalue weighted by atomic mass is 35.5. The van der Waals surface area contributed by atoms with Gasteiger partial charge in [-0.2, -0.15) is 0 Å². The van der Waals surface area contributed by atoms with Crippen molar-refractivity contribution in [3.05, 3.63) is 106 Å². The van der Waals surface area contributed by atoms with E-state index in [9.17, 15) is 26.4 Å². The minimum absolute atomic E-state index is 0.0499. The first-order valence-corrected chi connectivity index (χ1v) is 34.6. The molecule has 4 aromatic heterocycles. The van der Waals surface area contributed by atoms with Crippen molar-refractivity contribution in [1.82, 2.24) is 57.4 Å². The fourth-order valence-corrected chi connectivity index (χ4v) is 14.2. The Kier molecular flexibility index (Phi) is 20.2. The van der Waals surface area contributed by atoms with Gasteiger partial charge >= 0.3 is 12.2 Å². The first-order chi connectivity index (χ1) is 41.4. The van der Waals surface area contributed by atoms with Gasteiger partial charge < -0.3 is 39.0 Å². The fraction of sp³-hybridized carbons (Fsp3) is 0.548. The molecule has 22 nitrogen and oxygen atoms in total. The highest BCUT2D eigenvalue weighted by molar-refractivity contribution is 7.88. The number of amides is 2. The molecule has 2 N–H and O–H groups in total. The second-order valence-electron chi connectivity index (χ2n) is 25.9. The standard InChI is InChI=1S/2C31H42ClN7O4S/c2*1-20-16-33-29(35-24-12-14-38(17-21(24)2)44(6,41)42)36-28(20)25-18-37(19-34-25)27-11-10-22(15-23(27)32)26-9-7-8-13-39(26)30(40)43-31(3,4)5/h2*10-11,15-16,18-19,21,24,26H,7-9,12-14,17H2,1-6H3,(H,33,35,36)/t2*21-,24?,26?/m11/s1. The van der Waals surface area contributed by atoms with Crippen LogP contribution in [0.25, 0.3) is 34.2 Å². The summed E-state index contributed by atoms with van der Waals surface area (Å²) in [6.45, 7) is 22.3. The molecule has 0 bridgehead atoms. The van der Waals surface area contributed by atoms with Crippen LogP contribution in [0.4, 0.5) is 21.5 Å². The first kappa shape index (κ1) is 66.0. The van der Waals surface area contributed by atoms with E-state index in [-0.39, 0.29) is 48.2 Å². The van der Waals surface area contributed by atoms with Gasteiger partial charge in [-0.1, -0.05) is 49.2 Å². The van der Waals surface area contributed by atoms with Crippen LogP contribution >= 0.6 is 23.2 Å². The smallest absolute Gasteiger partial charge is 0.410 e. The van der Waals surface area contributed by atoms with Gasteiger partial charge in [0.1, 0.15) is 35.2 Å². The molecule has 0 spiro atoms. The third-order valence-corrected chi connectivity index (χ3v) is 19.6. The van der Waals surface area contributed by atoms with Crippen LogP contribution in [0.2, 0.25) is 10.0 Å². The number of ether oxygens (including phenoxy) is 2. The largest absolute Gasteiger partial charge is 0.444 e. The van der Waals surface area contributed by atoms with Crippen LogP contribution in [-0.4, -0.2) is 162 Å². The number of halogens is 2. The summed E-state index contributed by atoms with van der Waals surface area (Å²) in [6.07, 6.45) is 19.6. The lowest BCUT2D eigenvalue weighted by Crippen LogP contribution is -2.47. The maximum atomic E-state index is 13.0. The number of aryl methyl sites for hydroxylation is 2. The molecule has 6 aromatic rings. The Morgan fingerprint density at radius 2 is 0.955 bits per heavy atom. The minimum atomic E-state index is -3.21. The van der Waals surface area contributed by atoms with Crippen LogP contribution in [-0.2, 0) is 29.5 Å². The van der Waals surface area contributed by atoms with Gasteiger partial charge in [-0.05, 0) is 165 Å². The molecule has 4 unspecified atom stereocenters. The molecule has 6 atom stereocenters. The van der Waals surface area contributed by atoms with E-state index in [0.717, 1.165) is 72.2 Å². The lowest BCUT2D eigenvalue weighted by molar-refractivity contribution is 0.00852. The Morgan fingerprint density at radius 1 is 0.568 bits per heavy atom. The number of nitrogens with one attached hydrogen (secondary N) is 2. The number of piperidine rings is 4. The summed E-state index contributed by atoms with van der Waals surface area (Å²) in [6, 6.07) is 11.7. The van der Waals surface area contributed by atoms with Crippen LogP contribution < -0.4 is 10.6 Å². The number of likely N-dealkylation sites (tertiary alicyclic amines) is 2. The minimum Gasteiger partial charge on any atom is -0.444 e. The third kappa shape index (κ3) is 16.3. The molecule has 26 heteroatoms. The van der Waals surface area contributed by atoms with Gasteiger partial charge in [-0.25, -0.2) is 64.9 Å². The molecule has 0 saturated carbocycles. The molecule has 4 aliphatic heterocycles. The second kappa shape index (κ2) is 26.9. The lowest BCUT2D eigenvalue weighted by atomic mass is 9.95. The zero-order valence-electron chi connectivity index (χ0n) is 52.5. The van der Waals surface area contributed by atoms with Crippen LogP contribution in [0.15, 0.2) is 73.8 Å². The normalized spacial score (nSPS) is 21.7. The molecule has 476 valence electrons. The molecule has 0 aliphatic carbocycles. The predicted molar refractivity (Wildman–Crippen MR) is 343 cm³/mol. The number of benzene rings is 2. The number of rotatable bonds is 12. The Morgan fingerprint density at radius 3 is 1.30 bits per heavy atom. The zero-order valence-corrected chi connectivity index (χ0v) is 55.6. The number of anilines is 2. The SMILES string of the molecule is Cc1cnc(NC2CCN(S(C)(=O)=O)C[C@H]2C)nc1-c1cn(-c2ccc(C3CCCCN3C(=O)OC(C)(C)C)cc2Cl)cn1.Cc1cnc(NC2CCN(S(C)(=O)=O)C[C@H]2C)nc1-c1cn(-c2ccc(C3CCCCN3C(=O)OC(C)(C)C)cc2Cl)cn1. The summed E-state index contributed by atoms with van der Waals surface area (Å²) >= 11 is 13.7. The van der Waals surface area contributed by atoms with Crippen molar-refractivity contribution < 1.29 is 35.9 Å². The summed E-state index contributed by atoms with van der Waals surface area (Å²) in [5.74, 6) is 1.16. The van der Waals surface area contributed by atoms with E-state index in [2.05, 4.69) is 30.6 Å². The molecule has 4 saturated heterocycles. The van der Waals surface area contributed by atoms with Crippen molar-refractivity contribution in [3.8, 4) is 34.2 Å². The Hall–Kier alpha value is -6.44. The summed E-state index contributed by atoms with van der Waals surface area (Å²) in [5, 5.41) is 7.93. The van der Waals surface area contributed by atoms with Gasteiger partial charge in [0, 0.05) is 76.1 Å². The quantitative estimate of drug-likeness (QED) is 0.116. The summed E-state index contributed by atoms with van der Waals surface area (Å²) in [5.41, 5.74) is 6.87. The molecule has 2 aromatic carbocycles. The van der Waals surface area contributed by atoms with E-state index in [1.165, 1.54) is 21.1 Å². The topological polar surface area (TPSA) is 245 Å². The van der Waals surface area contributed by atoms with Gasteiger partial charge in [0.2, 0.25) is 31.9 Å². The molecule has 0 radical (unpaired) electrons. The molecule has 4 aliphatic rings. The van der Waals surface area contributed by atoms with Gasteiger partial charge in [0.15, 0.2) is 0 Å². The van der Waals surface area contributed by atoms with Crippen molar-refractivity contribution in [2.45, 2.75) is 156 Å². The average Bonchev–Trinajstić information content (AvgIpc) is 2.18. The predicted octanol–water partition coefficient (Wildman–Crippen LogP) is 11.7. The number of aromatic nitrogens is 8. The van der Waals surface area contributed by atoms with Crippen LogP contribution in [0.5, 0.6) is 0 Å². The Labute approximate surface area is 528 Å². The maximum Gasteiger partial charge on any atom is 0.410 e. The van der Waals surface area contributed by atoms with E-state index in [4.69, 9.17) is 42.6 Å². The van der Waals surface area contributed by atoms with Gasteiger partial charge in [0.05, 0.1) is 57.4 Å². The summed E-state index contributed by atoms with van der Waals surface area (Å²) in [7, 11) is -6.43. The number of nitrogens with zero attached hydrogens (tertiary/aromatic N) is 12. The zero-order chi connectivity index (χ0) is 63.6. The van der Waals surface area contributed by atoms with E-state index < -0.39 is 31.2 Å².